The third-order valence-electron chi connectivity index (χ3n) is 7.97. The third kappa shape index (κ3) is 8.46. The summed E-state index contributed by atoms with van der Waals surface area (Å²) in [6.45, 7) is 2.49. The Hall–Kier alpha value is -4.37. The summed E-state index contributed by atoms with van der Waals surface area (Å²) in [5, 5.41) is 11.7. The highest BCUT2D eigenvalue weighted by molar-refractivity contribution is 6.04. The number of carbonyl (C=O) groups is 2. The lowest BCUT2D eigenvalue weighted by Crippen LogP contribution is -2.47. The van der Waals surface area contributed by atoms with E-state index >= 15 is 0 Å². The first kappa shape index (κ1) is 33.0. The first-order valence-electron chi connectivity index (χ1n) is 14.5. The van der Waals surface area contributed by atoms with Crippen LogP contribution in [-0.4, -0.2) is 89.6 Å². The van der Waals surface area contributed by atoms with Gasteiger partial charge in [0.25, 0.3) is 5.91 Å². The number of alkyl halides is 6. The number of anilines is 2. The second-order valence-electron chi connectivity index (χ2n) is 11.1. The van der Waals surface area contributed by atoms with Crippen molar-refractivity contribution in [2.75, 3.05) is 49.5 Å². The van der Waals surface area contributed by atoms with Crippen LogP contribution in [0.15, 0.2) is 60.8 Å². The number of hydrogen-bond donors (Lipinski definition) is 2. The molecule has 5 rings (SSSR count). The number of halogens is 6. The Morgan fingerprint density at radius 3 is 2.22 bits per heavy atom. The van der Waals surface area contributed by atoms with Crippen molar-refractivity contribution in [3.8, 4) is 16.9 Å². The molecule has 46 heavy (non-hydrogen) atoms. The third-order valence-corrected chi connectivity index (χ3v) is 7.97. The van der Waals surface area contributed by atoms with Crippen molar-refractivity contribution in [2.24, 2.45) is 0 Å². The zero-order valence-corrected chi connectivity index (χ0v) is 24.4. The van der Waals surface area contributed by atoms with Crippen LogP contribution >= 0.6 is 0 Å². The first-order chi connectivity index (χ1) is 21.7. The molecule has 2 fully saturated rings. The highest BCUT2D eigenvalue weighted by Crippen LogP contribution is 2.36. The van der Waals surface area contributed by atoms with Crippen molar-refractivity contribution in [1.82, 2.24) is 14.8 Å². The molecule has 0 unspecified atom stereocenters. The van der Waals surface area contributed by atoms with E-state index in [1.54, 1.807) is 24.3 Å². The molecule has 0 radical (unpaired) electrons. The number of likely N-dealkylation sites (tertiary alicyclic amines) is 1. The van der Waals surface area contributed by atoms with Crippen molar-refractivity contribution >= 4 is 23.4 Å². The summed E-state index contributed by atoms with van der Waals surface area (Å²) in [5.41, 5.74) is 2.41. The fourth-order valence-electron chi connectivity index (χ4n) is 5.76. The van der Waals surface area contributed by atoms with Crippen LogP contribution in [0.3, 0.4) is 0 Å². The number of carboxylic acid groups (broad SMARTS) is 1. The smallest absolute Gasteiger partial charge is 0.480 e. The summed E-state index contributed by atoms with van der Waals surface area (Å²) in [7, 11) is 0. The molecule has 1 amide bonds. The molecule has 2 aliphatic heterocycles. The van der Waals surface area contributed by atoms with Crippen LogP contribution in [-0.2, 0) is 11.3 Å². The number of benzene rings is 2. The summed E-state index contributed by atoms with van der Waals surface area (Å²) < 4.78 is 83.0. The highest BCUT2D eigenvalue weighted by atomic mass is 19.4. The number of aromatic nitrogens is 1. The largest absolute Gasteiger partial charge is 0.573 e. The van der Waals surface area contributed by atoms with Gasteiger partial charge in [0.1, 0.15) is 17.6 Å². The number of ether oxygens (including phenoxy) is 1. The normalized spacial score (nSPS) is 18.0. The van der Waals surface area contributed by atoms with Gasteiger partial charge in [0.2, 0.25) is 0 Å². The lowest BCUT2D eigenvalue weighted by Gasteiger charge is -2.35. The van der Waals surface area contributed by atoms with Gasteiger partial charge in [-0.3, -0.25) is 19.4 Å². The van der Waals surface area contributed by atoms with Gasteiger partial charge in [-0.2, -0.15) is 13.2 Å². The fourth-order valence-corrected chi connectivity index (χ4v) is 5.76. The maximum atomic E-state index is 13.7. The van der Waals surface area contributed by atoms with Gasteiger partial charge >= 0.3 is 18.5 Å². The number of hydrogen-bond acceptors (Lipinski definition) is 7. The van der Waals surface area contributed by atoms with Gasteiger partial charge in [-0.15, -0.1) is 13.2 Å². The molecular weight excluding hydrogens is 620 g/mol. The molecule has 2 N–H and O–H groups in total. The zero-order chi connectivity index (χ0) is 33.1. The molecule has 1 atom stereocenters. The van der Waals surface area contributed by atoms with Crippen molar-refractivity contribution in [3.05, 3.63) is 71.9 Å². The lowest BCUT2D eigenvalue weighted by molar-refractivity contribution is -0.274. The summed E-state index contributed by atoms with van der Waals surface area (Å²) in [5.74, 6) is -1.72. The second-order valence-corrected chi connectivity index (χ2v) is 11.1. The molecule has 3 heterocycles. The molecule has 0 bridgehead atoms. The van der Waals surface area contributed by atoms with E-state index < -0.39 is 36.2 Å². The number of carboxylic acids is 1. The van der Waals surface area contributed by atoms with Gasteiger partial charge < -0.3 is 20.1 Å². The van der Waals surface area contributed by atoms with E-state index in [9.17, 15) is 35.9 Å². The highest BCUT2D eigenvalue weighted by Gasteiger charge is 2.45. The molecule has 1 aromatic heterocycles. The van der Waals surface area contributed by atoms with E-state index in [1.165, 1.54) is 29.3 Å². The van der Waals surface area contributed by atoms with Gasteiger partial charge in [0.15, 0.2) is 0 Å². The molecule has 9 nitrogen and oxygen atoms in total. The molecule has 246 valence electrons. The molecule has 0 saturated carbocycles. The van der Waals surface area contributed by atoms with Crippen LogP contribution in [0.4, 0.5) is 37.8 Å². The Kier molecular flexibility index (Phi) is 9.72. The summed E-state index contributed by atoms with van der Waals surface area (Å²) in [6, 6.07) is 11.6. The van der Waals surface area contributed by atoms with Crippen LogP contribution in [0.1, 0.15) is 28.8 Å². The number of rotatable bonds is 9. The van der Waals surface area contributed by atoms with E-state index in [2.05, 4.69) is 19.9 Å². The maximum Gasteiger partial charge on any atom is 0.573 e. The fraction of sp³-hybridized carbons (Fsp3) is 0.387. The van der Waals surface area contributed by atoms with Crippen LogP contribution in [0.25, 0.3) is 11.1 Å². The van der Waals surface area contributed by atoms with Crippen LogP contribution < -0.4 is 15.0 Å². The minimum Gasteiger partial charge on any atom is -0.480 e. The Morgan fingerprint density at radius 2 is 1.61 bits per heavy atom. The average molecular weight is 652 g/mol. The van der Waals surface area contributed by atoms with Gasteiger partial charge in [-0.25, -0.2) is 4.98 Å². The predicted molar refractivity (Wildman–Crippen MR) is 157 cm³/mol. The maximum absolute atomic E-state index is 13.7. The molecule has 2 saturated heterocycles. The Balaban J connectivity index is 1.33. The number of amides is 1. The quantitative estimate of drug-likeness (QED) is 0.288. The molecule has 0 spiro atoms. The monoisotopic (exact) mass is 651 g/mol. The van der Waals surface area contributed by atoms with Gasteiger partial charge in [0.05, 0.1) is 6.54 Å². The molecular formula is C31H31F6N5O4. The molecule has 0 aliphatic carbocycles. The Morgan fingerprint density at radius 1 is 0.935 bits per heavy atom. The number of nitrogens with zero attached hydrogens (tertiary/aromatic N) is 4. The predicted octanol–water partition coefficient (Wildman–Crippen LogP) is 5.63. The number of carbonyl (C=O) groups excluding carboxylic acids is 1. The van der Waals surface area contributed by atoms with Crippen molar-refractivity contribution in [1.29, 1.82) is 0 Å². The van der Waals surface area contributed by atoms with E-state index in [0.717, 1.165) is 17.8 Å². The average Bonchev–Trinajstić information content (AvgIpc) is 3.46. The van der Waals surface area contributed by atoms with Crippen LogP contribution in [0.5, 0.6) is 5.75 Å². The van der Waals surface area contributed by atoms with Crippen LogP contribution in [0, 0.1) is 0 Å². The minimum absolute atomic E-state index is 0.0200. The molecule has 2 aromatic carbocycles. The molecule has 3 aromatic rings. The van der Waals surface area contributed by atoms with E-state index in [4.69, 9.17) is 5.11 Å². The lowest BCUT2D eigenvalue weighted by atomic mass is 10.0. The summed E-state index contributed by atoms with van der Waals surface area (Å²) >= 11 is 0. The van der Waals surface area contributed by atoms with Gasteiger partial charge in [-0.1, -0.05) is 12.1 Å². The van der Waals surface area contributed by atoms with Crippen molar-refractivity contribution in [3.63, 3.8) is 0 Å². The van der Waals surface area contributed by atoms with Crippen molar-refractivity contribution in [2.45, 2.75) is 38.0 Å². The Labute approximate surface area is 260 Å². The van der Waals surface area contributed by atoms with Crippen molar-refractivity contribution < 1.29 is 45.8 Å². The van der Waals surface area contributed by atoms with Gasteiger partial charge in [-0.05, 0) is 73.0 Å². The molecule has 15 heteroatoms. The second kappa shape index (κ2) is 13.5. The molecule has 2 aliphatic rings. The Bertz CT molecular complexity index is 1520. The standard InChI is InChI=1S/C31H31F6N5O4/c32-30(33,34)26-2-1-11-42(26)18-22-16-27(38-17-25(22)20-5-9-24(10-6-20)46-31(35,36)37)39-29(45)21-3-7-23(8-4-21)41-14-12-40(13-15-41)19-28(43)44/h3-10,16-17,26H,1-2,11-15,18-19H2,(H,43,44)(H,38,39,45)/t26-/m0/s1. The van der Waals surface area contributed by atoms with E-state index in [0.29, 0.717) is 54.9 Å². The topological polar surface area (TPSA) is 98.2 Å². The summed E-state index contributed by atoms with van der Waals surface area (Å²) in [4.78, 5) is 33.6. The first-order valence-corrected chi connectivity index (χ1v) is 14.5. The number of aliphatic carboxylic acids is 1. The number of nitrogens with one attached hydrogen (secondary N) is 1. The number of piperazine rings is 1. The number of pyridine rings is 1. The summed E-state index contributed by atoms with van der Waals surface area (Å²) in [6.07, 6.45) is -7.64. The minimum atomic E-state index is -4.88. The van der Waals surface area contributed by atoms with E-state index in [1.807, 2.05) is 4.90 Å². The SMILES string of the molecule is O=C(O)CN1CCN(c2ccc(C(=O)Nc3cc(CN4CCC[C@H]4C(F)(F)F)c(-c4ccc(OC(F)(F)F)cc4)cn3)cc2)CC1. The van der Waals surface area contributed by atoms with E-state index in [-0.39, 0.29) is 31.9 Å². The zero-order valence-electron chi connectivity index (χ0n) is 24.4. The van der Waals surface area contributed by atoms with Crippen LogP contribution in [0.2, 0.25) is 0 Å². The van der Waals surface area contributed by atoms with Gasteiger partial charge in [0, 0.05) is 55.7 Å².